The Kier molecular flexibility index (Phi) is 4.21. The molecule has 0 unspecified atom stereocenters. The maximum atomic E-state index is 5.63. The van der Waals surface area contributed by atoms with Gasteiger partial charge in [0.15, 0.2) is 5.76 Å². The number of aryl methyl sites for hydroxylation is 1. The summed E-state index contributed by atoms with van der Waals surface area (Å²) < 4.78 is 11.1. The van der Waals surface area contributed by atoms with E-state index in [2.05, 4.69) is 29.1 Å². The van der Waals surface area contributed by atoms with Crippen molar-refractivity contribution in [2.45, 2.75) is 51.6 Å². The highest BCUT2D eigenvalue weighted by Gasteiger charge is 2.25. The Morgan fingerprint density at radius 2 is 2.30 bits per heavy atom. The van der Waals surface area contributed by atoms with Gasteiger partial charge in [-0.3, -0.25) is 4.90 Å². The van der Waals surface area contributed by atoms with Crippen molar-refractivity contribution >= 4 is 0 Å². The molecular weight excluding hydrogens is 252 g/mol. The molecule has 4 heteroatoms. The molecule has 2 aromatic rings. The molecule has 0 saturated carbocycles. The summed E-state index contributed by atoms with van der Waals surface area (Å²) in [4.78, 5) is 2.46. The average Bonchev–Trinajstić information content (AvgIpc) is 3.09. The minimum Gasteiger partial charge on any atom is -0.468 e. The zero-order valence-corrected chi connectivity index (χ0v) is 12.0. The first-order valence-corrected chi connectivity index (χ1v) is 7.58. The monoisotopic (exact) mass is 274 g/mol. The Balaban J connectivity index is 1.76. The Labute approximate surface area is 119 Å². The minimum atomic E-state index is 0.364. The van der Waals surface area contributed by atoms with E-state index < -0.39 is 0 Å². The average molecular weight is 274 g/mol. The summed E-state index contributed by atoms with van der Waals surface area (Å²) in [7, 11) is 0. The van der Waals surface area contributed by atoms with Gasteiger partial charge in [0.2, 0.25) is 0 Å². The van der Waals surface area contributed by atoms with Gasteiger partial charge in [0.25, 0.3) is 0 Å². The van der Waals surface area contributed by atoms with Crippen molar-refractivity contribution in [3.05, 3.63) is 41.7 Å². The molecule has 1 fully saturated rings. The number of hydrogen-bond donors (Lipinski definition) is 0. The summed E-state index contributed by atoms with van der Waals surface area (Å²) in [6.45, 7) is 4.01. The number of furan rings is 1. The fourth-order valence-corrected chi connectivity index (χ4v) is 2.96. The van der Waals surface area contributed by atoms with Crippen LogP contribution in [0.4, 0.5) is 0 Å². The van der Waals surface area contributed by atoms with Gasteiger partial charge in [0.05, 0.1) is 24.5 Å². The Hall–Kier alpha value is -1.55. The lowest BCUT2D eigenvalue weighted by Gasteiger charge is -2.27. The molecule has 108 valence electrons. The minimum absolute atomic E-state index is 0.364. The molecule has 1 atom stereocenters. The van der Waals surface area contributed by atoms with Crippen molar-refractivity contribution in [3.8, 4) is 0 Å². The van der Waals surface area contributed by atoms with Crippen molar-refractivity contribution in [3.63, 3.8) is 0 Å². The quantitative estimate of drug-likeness (QED) is 0.846. The second-order valence-corrected chi connectivity index (χ2v) is 5.49. The largest absolute Gasteiger partial charge is 0.468 e. The first-order chi connectivity index (χ1) is 9.86. The number of rotatable bonds is 4. The van der Waals surface area contributed by atoms with Gasteiger partial charge in [-0.15, -0.1) is 0 Å². The predicted molar refractivity (Wildman–Crippen MR) is 76.2 cm³/mol. The van der Waals surface area contributed by atoms with E-state index in [1.807, 2.05) is 6.07 Å². The van der Waals surface area contributed by atoms with E-state index in [9.17, 15) is 0 Å². The maximum Gasteiger partial charge on any atom is 0.150 e. The Morgan fingerprint density at radius 3 is 3.05 bits per heavy atom. The topological polar surface area (TPSA) is 42.4 Å². The summed E-state index contributed by atoms with van der Waals surface area (Å²) in [6, 6.07) is 6.50. The van der Waals surface area contributed by atoms with Crippen molar-refractivity contribution < 1.29 is 8.94 Å². The van der Waals surface area contributed by atoms with E-state index in [4.69, 9.17) is 8.94 Å². The lowest BCUT2D eigenvalue weighted by Crippen LogP contribution is -2.27. The second kappa shape index (κ2) is 6.27. The Morgan fingerprint density at radius 1 is 1.35 bits per heavy atom. The second-order valence-electron chi connectivity index (χ2n) is 5.49. The fourth-order valence-electron chi connectivity index (χ4n) is 2.96. The van der Waals surface area contributed by atoms with Crippen LogP contribution in [-0.2, 0) is 13.0 Å². The highest BCUT2D eigenvalue weighted by atomic mass is 16.5. The van der Waals surface area contributed by atoms with Gasteiger partial charge >= 0.3 is 0 Å². The van der Waals surface area contributed by atoms with E-state index >= 15 is 0 Å². The number of aromatic nitrogens is 1. The lowest BCUT2D eigenvalue weighted by molar-refractivity contribution is 0.152. The van der Waals surface area contributed by atoms with Crippen LogP contribution in [0, 0.1) is 0 Å². The van der Waals surface area contributed by atoms with Crippen LogP contribution in [0.25, 0.3) is 0 Å². The fraction of sp³-hybridized carbons (Fsp3) is 0.562. The van der Waals surface area contributed by atoms with Crippen LogP contribution in [0.2, 0.25) is 0 Å². The summed E-state index contributed by atoms with van der Waals surface area (Å²) >= 11 is 0. The highest BCUT2D eigenvalue weighted by molar-refractivity contribution is 5.08. The highest BCUT2D eigenvalue weighted by Crippen LogP contribution is 2.31. The molecule has 0 amide bonds. The van der Waals surface area contributed by atoms with Crippen LogP contribution in [0.1, 0.15) is 55.9 Å². The van der Waals surface area contributed by atoms with E-state index in [1.165, 1.54) is 19.3 Å². The van der Waals surface area contributed by atoms with Gasteiger partial charge < -0.3 is 8.94 Å². The van der Waals surface area contributed by atoms with Crippen LogP contribution in [0.5, 0.6) is 0 Å². The first-order valence-electron chi connectivity index (χ1n) is 7.58. The van der Waals surface area contributed by atoms with Crippen molar-refractivity contribution in [2.24, 2.45) is 0 Å². The van der Waals surface area contributed by atoms with Crippen LogP contribution in [0.15, 0.2) is 33.4 Å². The molecule has 0 radical (unpaired) electrons. The third-order valence-electron chi connectivity index (χ3n) is 4.06. The van der Waals surface area contributed by atoms with Gasteiger partial charge in [-0.1, -0.05) is 24.9 Å². The zero-order chi connectivity index (χ0) is 13.8. The molecule has 3 heterocycles. The third-order valence-corrected chi connectivity index (χ3v) is 4.06. The van der Waals surface area contributed by atoms with E-state index in [1.54, 1.807) is 6.26 Å². The summed E-state index contributed by atoms with van der Waals surface area (Å²) in [6.07, 6.45) is 7.64. The summed E-state index contributed by atoms with van der Waals surface area (Å²) in [5.74, 6) is 2.03. The molecule has 1 saturated heterocycles. The molecule has 0 bridgehead atoms. The molecule has 3 rings (SSSR count). The lowest BCUT2D eigenvalue weighted by atomic mass is 10.1. The van der Waals surface area contributed by atoms with Gasteiger partial charge in [-0.05, 0) is 37.9 Å². The molecule has 0 spiro atoms. The first kappa shape index (κ1) is 13.4. The molecule has 1 aliphatic heterocycles. The normalized spacial score (nSPS) is 20.9. The third kappa shape index (κ3) is 2.96. The molecule has 4 nitrogen and oxygen atoms in total. The van der Waals surface area contributed by atoms with E-state index in [0.717, 1.165) is 43.1 Å². The smallest absolute Gasteiger partial charge is 0.150 e. The molecule has 2 aromatic heterocycles. The van der Waals surface area contributed by atoms with E-state index in [-0.39, 0.29) is 0 Å². The molecule has 20 heavy (non-hydrogen) atoms. The number of hydrogen-bond acceptors (Lipinski definition) is 4. The van der Waals surface area contributed by atoms with E-state index in [0.29, 0.717) is 6.04 Å². The SMILES string of the molecule is CCc1cc(CN2CCCCC[C@H]2c2ccco2)on1. The zero-order valence-electron chi connectivity index (χ0n) is 12.0. The van der Waals surface area contributed by atoms with Gasteiger partial charge in [-0.2, -0.15) is 0 Å². The van der Waals surface area contributed by atoms with Gasteiger partial charge in [0.1, 0.15) is 5.76 Å². The number of nitrogens with zero attached hydrogens (tertiary/aromatic N) is 2. The Bertz CT molecular complexity index is 518. The molecule has 1 aliphatic rings. The predicted octanol–water partition coefficient (Wildman–Crippen LogP) is 3.95. The van der Waals surface area contributed by atoms with Gasteiger partial charge in [0, 0.05) is 6.07 Å². The molecule has 0 N–H and O–H groups in total. The van der Waals surface area contributed by atoms with Crippen LogP contribution in [0.3, 0.4) is 0 Å². The van der Waals surface area contributed by atoms with Gasteiger partial charge in [-0.25, -0.2) is 0 Å². The summed E-state index contributed by atoms with van der Waals surface area (Å²) in [5.41, 5.74) is 1.03. The van der Waals surface area contributed by atoms with Crippen molar-refractivity contribution in [1.29, 1.82) is 0 Å². The standard InChI is InChI=1S/C16H22N2O2/c1-2-13-11-14(20-17-13)12-18-9-5-3-4-7-15(18)16-8-6-10-19-16/h6,8,10-11,15H,2-5,7,9,12H2,1H3/t15-/m0/s1. The van der Waals surface area contributed by atoms with Crippen LogP contribution >= 0.6 is 0 Å². The summed E-state index contributed by atoms with van der Waals surface area (Å²) in [5, 5.41) is 4.09. The maximum absolute atomic E-state index is 5.63. The van der Waals surface area contributed by atoms with Crippen molar-refractivity contribution in [1.82, 2.24) is 10.1 Å². The van der Waals surface area contributed by atoms with Crippen LogP contribution in [-0.4, -0.2) is 16.6 Å². The molecule has 0 aliphatic carbocycles. The van der Waals surface area contributed by atoms with Crippen molar-refractivity contribution in [2.75, 3.05) is 6.54 Å². The molecular formula is C16H22N2O2. The number of likely N-dealkylation sites (tertiary alicyclic amines) is 1. The van der Waals surface area contributed by atoms with Crippen LogP contribution < -0.4 is 0 Å². The molecule has 0 aromatic carbocycles.